The van der Waals surface area contributed by atoms with Gasteiger partial charge in [-0.05, 0) is 44.4 Å². The first-order chi connectivity index (χ1) is 20.7. The molecule has 0 spiro atoms. The number of nitrogens with zero attached hydrogens (tertiary/aromatic N) is 8. The van der Waals surface area contributed by atoms with Gasteiger partial charge < -0.3 is 15.1 Å². The van der Waals surface area contributed by atoms with Crippen LogP contribution in [0, 0.1) is 6.92 Å². The second kappa shape index (κ2) is 12.5. The van der Waals surface area contributed by atoms with Crippen LogP contribution in [0.4, 0.5) is 23.4 Å². The fraction of sp³-hybridized carbons (Fsp3) is 0.379. The molecule has 3 N–H and O–H groups in total. The summed E-state index contributed by atoms with van der Waals surface area (Å²) in [5.41, 5.74) is 3.63. The van der Waals surface area contributed by atoms with Crippen molar-refractivity contribution in [2.45, 2.75) is 45.6 Å². The van der Waals surface area contributed by atoms with Crippen LogP contribution in [0.15, 0.2) is 41.7 Å². The molecule has 0 atom stereocenters. The van der Waals surface area contributed by atoms with Crippen LogP contribution in [0.2, 0.25) is 0 Å². The molecular weight excluding hydrogens is 552 g/mol. The number of rotatable bonds is 10. The van der Waals surface area contributed by atoms with E-state index in [2.05, 4.69) is 25.3 Å². The number of ketones is 1. The lowest BCUT2D eigenvalue weighted by Crippen LogP contribution is -2.31. The van der Waals surface area contributed by atoms with Gasteiger partial charge in [0, 0.05) is 57.2 Å². The van der Waals surface area contributed by atoms with Crippen LogP contribution in [0.1, 0.15) is 64.9 Å². The predicted molar refractivity (Wildman–Crippen MR) is 161 cm³/mol. The molecule has 0 saturated heterocycles. The van der Waals surface area contributed by atoms with E-state index < -0.39 is 5.91 Å². The summed E-state index contributed by atoms with van der Waals surface area (Å²) in [4.78, 5) is 63.2. The van der Waals surface area contributed by atoms with Crippen LogP contribution in [-0.2, 0) is 0 Å². The minimum Gasteiger partial charge on any atom is -0.372 e. The largest absolute Gasteiger partial charge is 0.372 e. The third-order valence-corrected chi connectivity index (χ3v) is 7.79. The van der Waals surface area contributed by atoms with E-state index in [0.29, 0.717) is 47.4 Å². The lowest BCUT2D eigenvalue weighted by atomic mass is 10.0. The number of fused-ring (bicyclic) bond motifs is 1. The summed E-state index contributed by atoms with van der Waals surface area (Å²) in [6, 6.07) is 3.75. The number of aryl methyl sites for hydroxylation is 1. The fourth-order valence-electron chi connectivity index (χ4n) is 5.34. The van der Waals surface area contributed by atoms with Crippen LogP contribution in [-0.4, -0.2) is 73.6 Å². The van der Waals surface area contributed by atoms with E-state index in [1.807, 2.05) is 36.0 Å². The van der Waals surface area contributed by atoms with Gasteiger partial charge in [0.25, 0.3) is 11.5 Å². The zero-order valence-corrected chi connectivity index (χ0v) is 24.5. The van der Waals surface area contributed by atoms with Gasteiger partial charge in [-0.1, -0.05) is 12.8 Å². The van der Waals surface area contributed by atoms with Gasteiger partial charge in [-0.3, -0.25) is 24.2 Å². The van der Waals surface area contributed by atoms with Gasteiger partial charge in [0.1, 0.15) is 11.5 Å². The summed E-state index contributed by atoms with van der Waals surface area (Å²) in [5.74, 6) is 0.374. The van der Waals surface area contributed by atoms with E-state index >= 15 is 0 Å². The third kappa shape index (κ3) is 6.14. The number of Topliss-reactive ketones (excluding diaryl/α,β-unsaturated/α-hetero) is 1. The second-order valence-electron chi connectivity index (χ2n) is 10.7. The smallest absolute Gasteiger partial charge is 0.277 e. The quantitative estimate of drug-likeness (QED) is 0.141. The number of likely N-dealkylation sites (N-methyl/N-ethyl adjacent to an activating group) is 2. The highest BCUT2D eigenvalue weighted by Gasteiger charge is 2.26. The lowest BCUT2D eigenvalue weighted by Gasteiger charge is -2.23. The molecule has 1 aliphatic carbocycles. The molecule has 4 aromatic rings. The summed E-state index contributed by atoms with van der Waals surface area (Å²) in [6.07, 6.45) is 9.91. The third-order valence-electron chi connectivity index (χ3n) is 7.79. The Labute approximate surface area is 247 Å². The Hall–Kier alpha value is -4.98. The first kappa shape index (κ1) is 29.5. The minimum atomic E-state index is -0.672. The van der Waals surface area contributed by atoms with E-state index in [9.17, 15) is 14.4 Å². The summed E-state index contributed by atoms with van der Waals surface area (Å²) < 4.78 is 1.69. The first-order valence-corrected chi connectivity index (χ1v) is 14.0. The van der Waals surface area contributed by atoms with Crippen molar-refractivity contribution >= 4 is 46.1 Å². The molecule has 4 aromatic heterocycles. The van der Waals surface area contributed by atoms with Gasteiger partial charge in [0.15, 0.2) is 5.78 Å². The molecule has 0 radical (unpaired) electrons. The highest BCUT2D eigenvalue weighted by atomic mass is 16.5. The summed E-state index contributed by atoms with van der Waals surface area (Å²) >= 11 is 0. The highest BCUT2D eigenvalue weighted by Crippen LogP contribution is 2.32. The molecule has 1 saturated carbocycles. The number of anilines is 4. The molecule has 0 unspecified atom stereocenters. The Balaban J connectivity index is 1.29. The van der Waals surface area contributed by atoms with Crippen molar-refractivity contribution in [2.24, 2.45) is 0 Å². The number of hydroxylamine groups is 1. The van der Waals surface area contributed by atoms with Crippen molar-refractivity contribution in [1.29, 1.82) is 0 Å². The SMILES string of the molecule is CC(=O)c1c(C)c2cnc(Nc3ccc(N(C)CCN(C)c4ncc(C(=O)NO)cn4)cn3)nc2n(C2CCCC2)c1=O. The fourth-order valence-corrected chi connectivity index (χ4v) is 5.34. The maximum absolute atomic E-state index is 13.4. The maximum Gasteiger partial charge on any atom is 0.277 e. The Morgan fingerprint density at radius 1 is 1.00 bits per heavy atom. The summed E-state index contributed by atoms with van der Waals surface area (Å²) in [5, 5.41) is 12.6. The number of pyridine rings is 2. The minimum absolute atomic E-state index is 0.00197. The van der Waals surface area contributed by atoms with Crippen molar-refractivity contribution in [3.8, 4) is 0 Å². The normalized spacial score (nSPS) is 13.2. The van der Waals surface area contributed by atoms with E-state index in [1.165, 1.54) is 19.3 Å². The second-order valence-corrected chi connectivity index (χ2v) is 10.7. The van der Waals surface area contributed by atoms with E-state index in [1.54, 1.807) is 29.4 Å². The molecule has 0 aromatic carbocycles. The number of hydrogen-bond acceptors (Lipinski definition) is 12. The Morgan fingerprint density at radius 3 is 2.33 bits per heavy atom. The zero-order chi connectivity index (χ0) is 30.7. The molecule has 5 rings (SSSR count). The van der Waals surface area contributed by atoms with Gasteiger partial charge in [-0.25, -0.2) is 25.4 Å². The van der Waals surface area contributed by atoms with E-state index in [-0.39, 0.29) is 28.5 Å². The molecule has 4 heterocycles. The van der Waals surface area contributed by atoms with Gasteiger partial charge in [-0.2, -0.15) is 4.98 Å². The molecule has 0 aliphatic heterocycles. The Kier molecular flexibility index (Phi) is 8.57. The Morgan fingerprint density at radius 2 is 1.70 bits per heavy atom. The van der Waals surface area contributed by atoms with Gasteiger partial charge >= 0.3 is 0 Å². The van der Waals surface area contributed by atoms with Crippen LogP contribution >= 0.6 is 0 Å². The van der Waals surface area contributed by atoms with Crippen molar-refractivity contribution < 1.29 is 14.8 Å². The van der Waals surface area contributed by atoms with Crippen LogP contribution in [0.5, 0.6) is 0 Å². The molecule has 224 valence electrons. The van der Waals surface area contributed by atoms with Crippen molar-refractivity contribution in [1.82, 2.24) is 35.0 Å². The van der Waals surface area contributed by atoms with E-state index in [4.69, 9.17) is 10.2 Å². The Bertz CT molecular complexity index is 1700. The zero-order valence-electron chi connectivity index (χ0n) is 24.5. The molecule has 14 nitrogen and oxygen atoms in total. The molecule has 1 aliphatic rings. The van der Waals surface area contributed by atoms with Gasteiger partial charge in [-0.15, -0.1) is 0 Å². The van der Waals surface area contributed by atoms with Crippen LogP contribution in [0.3, 0.4) is 0 Å². The van der Waals surface area contributed by atoms with Crippen molar-refractivity contribution in [3.05, 3.63) is 64.0 Å². The van der Waals surface area contributed by atoms with Gasteiger partial charge in [0.2, 0.25) is 11.9 Å². The molecular formula is C29H34N10O4. The number of aromatic nitrogens is 6. The number of hydrogen-bond donors (Lipinski definition) is 3. The molecule has 1 amide bonds. The average Bonchev–Trinajstić information content (AvgIpc) is 3.54. The molecule has 43 heavy (non-hydrogen) atoms. The summed E-state index contributed by atoms with van der Waals surface area (Å²) in [6.45, 7) is 4.43. The monoisotopic (exact) mass is 586 g/mol. The number of carbonyl (C=O) groups excluding carboxylic acids is 2. The van der Waals surface area contributed by atoms with Gasteiger partial charge in [0.05, 0.1) is 23.0 Å². The molecule has 14 heteroatoms. The number of carbonyl (C=O) groups is 2. The highest BCUT2D eigenvalue weighted by molar-refractivity contribution is 5.99. The van der Waals surface area contributed by atoms with Crippen LogP contribution < -0.4 is 26.2 Å². The number of amides is 1. The topological polar surface area (TPSA) is 171 Å². The number of nitrogens with one attached hydrogen (secondary N) is 2. The predicted octanol–water partition coefficient (Wildman–Crippen LogP) is 3.04. The average molecular weight is 587 g/mol. The molecule has 1 fully saturated rings. The van der Waals surface area contributed by atoms with Crippen molar-refractivity contribution in [3.63, 3.8) is 0 Å². The van der Waals surface area contributed by atoms with Crippen LogP contribution in [0.25, 0.3) is 11.0 Å². The lowest BCUT2D eigenvalue weighted by molar-refractivity contribution is 0.0705. The first-order valence-electron chi connectivity index (χ1n) is 14.0. The molecule has 0 bridgehead atoms. The standard InChI is InChI=1S/C29H34N10O4/c1-17-22-16-31-28(35-25(22)39(20-7-5-6-8-20)27(42)24(17)18(2)40)34-23-10-9-21(15-30-23)37(3)11-12-38(4)29-32-13-19(14-33-29)26(41)36-43/h9-10,13-16,20,43H,5-8,11-12H2,1-4H3,(H,36,41)(H,30,31,34,35). The van der Waals surface area contributed by atoms with E-state index in [0.717, 1.165) is 31.4 Å². The summed E-state index contributed by atoms with van der Waals surface area (Å²) in [7, 11) is 3.79. The maximum atomic E-state index is 13.4. The van der Waals surface area contributed by atoms with Crippen molar-refractivity contribution in [2.75, 3.05) is 42.3 Å².